The summed E-state index contributed by atoms with van der Waals surface area (Å²) >= 11 is 0. The summed E-state index contributed by atoms with van der Waals surface area (Å²) in [6.45, 7) is 1.78. The summed E-state index contributed by atoms with van der Waals surface area (Å²) in [5.74, 6) is -1.29. The first-order chi connectivity index (χ1) is 9.13. The SMILES string of the molecule is CCOC(=O)C1=C(C(F)F)OC(c2ccccc2)C1. The van der Waals surface area contributed by atoms with Gasteiger partial charge in [-0.15, -0.1) is 0 Å². The van der Waals surface area contributed by atoms with Crippen molar-refractivity contribution in [1.82, 2.24) is 0 Å². The van der Waals surface area contributed by atoms with E-state index >= 15 is 0 Å². The molecule has 1 heterocycles. The van der Waals surface area contributed by atoms with Crippen molar-refractivity contribution in [2.75, 3.05) is 6.61 Å². The smallest absolute Gasteiger partial charge is 0.337 e. The molecule has 0 aromatic heterocycles. The number of rotatable bonds is 4. The van der Waals surface area contributed by atoms with Crippen molar-refractivity contribution in [1.29, 1.82) is 0 Å². The van der Waals surface area contributed by atoms with E-state index in [4.69, 9.17) is 9.47 Å². The van der Waals surface area contributed by atoms with E-state index in [0.717, 1.165) is 5.56 Å². The van der Waals surface area contributed by atoms with Crippen LogP contribution in [-0.2, 0) is 14.3 Å². The van der Waals surface area contributed by atoms with E-state index in [1.165, 1.54) is 0 Å². The topological polar surface area (TPSA) is 35.5 Å². The van der Waals surface area contributed by atoms with Gasteiger partial charge < -0.3 is 9.47 Å². The highest BCUT2D eigenvalue weighted by Gasteiger charge is 2.36. The second-order valence-corrected chi connectivity index (χ2v) is 4.09. The minimum atomic E-state index is -2.81. The molecule has 1 aromatic carbocycles. The molecular formula is C14H14F2O3. The van der Waals surface area contributed by atoms with Gasteiger partial charge >= 0.3 is 5.97 Å². The third kappa shape index (κ3) is 2.92. The number of hydrogen-bond donors (Lipinski definition) is 0. The molecule has 1 aliphatic rings. The average Bonchev–Trinajstić information content (AvgIpc) is 2.85. The van der Waals surface area contributed by atoms with Crippen LogP contribution in [0.1, 0.15) is 25.0 Å². The van der Waals surface area contributed by atoms with Crippen LogP contribution in [0.3, 0.4) is 0 Å². The van der Waals surface area contributed by atoms with E-state index < -0.39 is 24.3 Å². The van der Waals surface area contributed by atoms with Crippen molar-refractivity contribution in [2.45, 2.75) is 25.9 Å². The number of ether oxygens (including phenoxy) is 2. The van der Waals surface area contributed by atoms with E-state index in [-0.39, 0.29) is 18.6 Å². The van der Waals surface area contributed by atoms with Crippen molar-refractivity contribution in [3.8, 4) is 0 Å². The normalized spacial score (nSPS) is 18.6. The van der Waals surface area contributed by atoms with E-state index in [2.05, 4.69) is 0 Å². The molecular weight excluding hydrogens is 254 g/mol. The van der Waals surface area contributed by atoms with Crippen molar-refractivity contribution in [3.05, 3.63) is 47.2 Å². The van der Waals surface area contributed by atoms with Crippen molar-refractivity contribution in [2.24, 2.45) is 0 Å². The lowest BCUT2D eigenvalue weighted by Crippen LogP contribution is -2.10. The molecule has 0 saturated heterocycles. The van der Waals surface area contributed by atoms with Gasteiger partial charge in [-0.2, -0.15) is 0 Å². The van der Waals surface area contributed by atoms with Gasteiger partial charge in [0.1, 0.15) is 6.10 Å². The fourth-order valence-electron chi connectivity index (χ4n) is 1.99. The Labute approximate surface area is 109 Å². The van der Waals surface area contributed by atoms with Crippen LogP contribution in [0, 0.1) is 0 Å². The number of alkyl halides is 2. The number of benzene rings is 1. The minimum absolute atomic E-state index is 0.0642. The van der Waals surface area contributed by atoms with Gasteiger partial charge in [0.2, 0.25) is 0 Å². The first-order valence-corrected chi connectivity index (χ1v) is 6.03. The summed E-state index contributed by atoms with van der Waals surface area (Å²) in [5.41, 5.74) is 0.700. The summed E-state index contributed by atoms with van der Waals surface area (Å²) in [7, 11) is 0. The average molecular weight is 268 g/mol. The van der Waals surface area contributed by atoms with Crippen LogP contribution in [0.4, 0.5) is 8.78 Å². The van der Waals surface area contributed by atoms with E-state index in [1.807, 2.05) is 6.07 Å². The maximum absolute atomic E-state index is 12.9. The molecule has 1 aliphatic heterocycles. The lowest BCUT2D eigenvalue weighted by molar-refractivity contribution is -0.138. The van der Waals surface area contributed by atoms with E-state index in [0.29, 0.717) is 0 Å². The van der Waals surface area contributed by atoms with Gasteiger partial charge in [-0.05, 0) is 12.5 Å². The third-order valence-corrected chi connectivity index (χ3v) is 2.85. The molecule has 1 aromatic rings. The van der Waals surface area contributed by atoms with Crippen LogP contribution in [0.25, 0.3) is 0 Å². The highest BCUT2D eigenvalue weighted by atomic mass is 19.3. The van der Waals surface area contributed by atoms with Crippen LogP contribution < -0.4 is 0 Å². The lowest BCUT2D eigenvalue weighted by Gasteiger charge is -2.12. The summed E-state index contributed by atoms with van der Waals surface area (Å²) in [4.78, 5) is 11.6. The van der Waals surface area contributed by atoms with Crippen LogP contribution in [0.5, 0.6) is 0 Å². The number of hydrogen-bond acceptors (Lipinski definition) is 3. The Morgan fingerprint density at radius 2 is 2.11 bits per heavy atom. The van der Waals surface area contributed by atoms with Crippen LogP contribution in [-0.4, -0.2) is 19.0 Å². The van der Waals surface area contributed by atoms with Gasteiger partial charge in [0, 0.05) is 6.42 Å². The summed E-state index contributed by atoms with van der Waals surface area (Å²) in [6, 6.07) is 8.97. The zero-order valence-corrected chi connectivity index (χ0v) is 10.4. The predicted octanol–water partition coefficient (Wildman–Crippen LogP) is 3.23. The quantitative estimate of drug-likeness (QED) is 0.786. The number of allylic oxidation sites excluding steroid dienone is 1. The number of halogens is 2. The standard InChI is InChI=1S/C14H14F2O3/c1-2-18-14(17)10-8-11(19-12(10)13(15)16)9-6-4-3-5-7-9/h3-7,11,13H,2,8H2,1H3. The van der Waals surface area contributed by atoms with Gasteiger partial charge in [-0.25, -0.2) is 13.6 Å². The first-order valence-electron chi connectivity index (χ1n) is 6.03. The second kappa shape index (κ2) is 5.82. The molecule has 1 unspecified atom stereocenters. The fraction of sp³-hybridized carbons (Fsp3) is 0.357. The molecule has 5 heteroatoms. The molecule has 102 valence electrons. The monoisotopic (exact) mass is 268 g/mol. The second-order valence-electron chi connectivity index (χ2n) is 4.09. The molecule has 0 radical (unpaired) electrons. The Balaban J connectivity index is 2.20. The van der Waals surface area contributed by atoms with Crippen molar-refractivity contribution >= 4 is 5.97 Å². The minimum Gasteiger partial charge on any atom is -0.483 e. The molecule has 0 spiro atoms. The largest absolute Gasteiger partial charge is 0.483 e. The molecule has 2 rings (SSSR count). The first kappa shape index (κ1) is 13.5. The molecule has 0 aliphatic carbocycles. The molecule has 3 nitrogen and oxygen atoms in total. The van der Waals surface area contributed by atoms with E-state index in [9.17, 15) is 13.6 Å². The molecule has 19 heavy (non-hydrogen) atoms. The Morgan fingerprint density at radius 3 is 2.68 bits per heavy atom. The van der Waals surface area contributed by atoms with Crippen LogP contribution in [0.2, 0.25) is 0 Å². The number of carbonyl (C=O) groups excluding carboxylic acids is 1. The number of carbonyl (C=O) groups is 1. The zero-order valence-electron chi connectivity index (χ0n) is 10.4. The maximum atomic E-state index is 12.9. The third-order valence-electron chi connectivity index (χ3n) is 2.85. The van der Waals surface area contributed by atoms with Gasteiger partial charge in [0.05, 0.1) is 12.2 Å². The Kier molecular flexibility index (Phi) is 4.14. The van der Waals surface area contributed by atoms with Crippen molar-refractivity contribution < 1.29 is 23.0 Å². The molecule has 0 N–H and O–H groups in total. The fourth-order valence-corrected chi connectivity index (χ4v) is 1.99. The molecule has 0 saturated carbocycles. The molecule has 0 fully saturated rings. The summed E-state index contributed by atoms with van der Waals surface area (Å²) in [5, 5.41) is 0. The van der Waals surface area contributed by atoms with Gasteiger partial charge in [0.25, 0.3) is 6.43 Å². The maximum Gasteiger partial charge on any atom is 0.337 e. The van der Waals surface area contributed by atoms with Crippen molar-refractivity contribution in [3.63, 3.8) is 0 Å². The molecule has 0 amide bonds. The Morgan fingerprint density at radius 1 is 1.42 bits per heavy atom. The summed E-state index contributed by atoms with van der Waals surface area (Å²) < 4.78 is 35.8. The Hall–Kier alpha value is -1.91. The zero-order chi connectivity index (χ0) is 13.8. The molecule has 0 bridgehead atoms. The number of esters is 1. The lowest BCUT2D eigenvalue weighted by atomic mass is 10.0. The highest BCUT2D eigenvalue weighted by molar-refractivity contribution is 5.89. The van der Waals surface area contributed by atoms with Gasteiger partial charge in [-0.1, -0.05) is 30.3 Å². The van der Waals surface area contributed by atoms with E-state index in [1.54, 1.807) is 31.2 Å². The van der Waals surface area contributed by atoms with Gasteiger partial charge in [-0.3, -0.25) is 0 Å². The van der Waals surface area contributed by atoms with Crippen LogP contribution in [0.15, 0.2) is 41.7 Å². The summed E-state index contributed by atoms with van der Waals surface area (Å²) in [6.07, 6.45) is -3.25. The molecule has 1 atom stereocenters. The Bertz CT molecular complexity index is 483. The highest BCUT2D eigenvalue weighted by Crippen LogP contribution is 2.38. The van der Waals surface area contributed by atoms with Gasteiger partial charge in [0.15, 0.2) is 5.76 Å². The predicted molar refractivity (Wildman–Crippen MR) is 64.5 cm³/mol. The van der Waals surface area contributed by atoms with Crippen LogP contribution >= 0.6 is 0 Å².